The molecule has 0 radical (unpaired) electrons. The first-order valence-corrected chi connectivity index (χ1v) is 10.5. The van der Waals surface area contributed by atoms with Crippen LogP contribution in [0.3, 0.4) is 0 Å². The van der Waals surface area contributed by atoms with E-state index in [-0.39, 0.29) is 12.3 Å². The molecule has 1 aromatic carbocycles. The van der Waals surface area contributed by atoms with Crippen LogP contribution in [0.4, 0.5) is 17.5 Å². The van der Waals surface area contributed by atoms with Crippen molar-refractivity contribution in [1.82, 2.24) is 19.7 Å². The van der Waals surface area contributed by atoms with E-state index in [1.807, 2.05) is 18.2 Å². The summed E-state index contributed by atoms with van der Waals surface area (Å²) >= 11 is 5.81. The van der Waals surface area contributed by atoms with Crippen LogP contribution in [-0.2, 0) is 15.8 Å². The molecule has 28 heavy (non-hydrogen) atoms. The fourth-order valence-corrected chi connectivity index (χ4v) is 3.61. The molecule has 0 saturated carbocycles. The van der Waals surface area contributed by atoms with E-state index in [1.165, 1.54) is 6.33 Å². The third-order valence-corrected chi connectivity index (χ3v) is 5.22. The van der Waals surface area contributed by atoms with Crippen LogP contribution in [-0.4, -0.2) is 36.5 Å². The molecule has 0 amide bonds. The van der Waals surface area contributed by atoms with Gasteiger partial charge in [-0.1, -0.05) is 29.8 Å². The Hall–Kier alpha value is -2.75. The molecule has 0 unspecified atom stereocenters. The number of nitrogens with one attached hydrogen (secondary N) is 3. The Morgan fingerprint density at radius 3 is 2.43 bits per heavy atom. The number of sulfonamides is 1. The summed E-state index contributed by atoms with van der Waals surface area (Å²) in [5.74, 6) is 1.72. The van der Waals surface area contributed by atoms with Crippen molar-refractivity contribution in [2.24, 2.45) is 0 Å². The van der Waals surface area contributed by atoms with E-state index in [4.69, 9.17) is 11.6 Å². The van der Waals surface area contributed by atoms with Gasteiger partial charge in [0.2, 0.25) is 10.0 Å². The summed E-state index contributed by atoms with van der Waals surface area (Å²) in [6.07, 6.45) is 3.09. The van der Waals surface area contributed by atoms with Crippen molar-refractivity contribution in [2.45, 2.75) is 5.75 Å². The predicted molar refractivity (Wildman–Crippen MR) is 110 cm³/mol. The number of nitrogens with zero attached hydrogens (tertiary/aromatic N) is 3. The summed E-state index contributed by atoms with van der Waals surface area (Å²) in [6, 6.07) is 14.0. The van der Waals surface area contributed by atoms with Gasteiger partial charge >= 0.3 is 0 Å². The lowest BCUT2D eigenvalue weighted by Crippen LogP contribution is -2.30. The Balaban J connectivity index is 1.47. The van der Waals surface area contributed by atoms with Crippen LogP contribution in [0.15, 0.2) is 61.1 Å². The molecular formula is C18H19ClN6O2S. The smallest absolute Gasteiger partial charge is 0.215 e. The van der Waals surface area contributed by atoms with Crippen LogP contribution >= 0.6 is 11.6 Å². The van der Waals surface area contributed by atoms with E-state index in [0.29, 0.717) is 34.6 Å². The fourth-order valence-electron chi connectivity index (χ4n) is 2.34. The molecule has 2 heterocycles. The van der Waals surface area contributed by atoms with Gasteiger partial charge in [-0.05, 0) is 29.8 Å². The molecule has 3 rings (SSSR count). The molecule has 8 nitrogen and oxygen atoms in total. The van der Waals surface area contributed by atoms with Crippen LogP contribution in [0.2, 0.25) is 5.02 Å². The molecule has 0 atom stereocenters. The van der Waals surface area contributed by atoms with Crippen LogP contribution in [0.5, 0.6) is 0 Å². The Kier molecular flexibility index (Phi) is 6.75. The third-order valence-electron chi connectivity index (χ3n) is 3.61. The summed E-state index contributed by atoms with van der Waals surface area (Å²) in [7, 11) is -3.44. The van der Waals surface area contributed by atoms with E-state index < -0.39 is 10.0 Å². The van der Waals surface area contributed by atoms with Crippen molar-refractivity contribution >= 4 is 39.1 Å². The Morgan fingerprint density at radius 2 is 1.68 bits per heavy atom. The molecule has 2 aromatic heterocycles. The molecule has 0 aliphatic rings. The summed E-state index contributed by atoms with van der Waals surface area (Å²) in [4.78, 5) is 12.4. The number of anilines is 3. The van der Waals surface area contributed by atoms with Gasteiger partial charge in [0.15, 0.2) is 0 Å². The second-order valence-electron chi connectivity index (χ2n) is 5.84. The second-order valence-corrected chi connectivity index (χ2v) is 8.08. The van der Waals surface area contributed by atoms with Crippen molar-refractivity contribution in [3.8, 4) is 0 Å². The Morgan fingerprint density at radius 1 is 0.893 bits per heavy atom. The van der Waals surface area contributed by atoms with Crippen molar-refractivity contribution in [2.75, 3.05) is 23.7 Å². The van der Waals surface area contributed by atoms with E-state index >= 15 is 0 Å². The predicted octanol–water partition coefficient (Wildman–Crippen LogP) is 2.80. The minimum absolute atomic E-state index is 0.101. The zero-order valence-electron chi connectivity index (χ0n) is 14.8. The lowest BCUT2D eigenvalue weighted by Gasteiger charge is -2.10. The number of aromatic nitrogens is 3. The van der Waals surface area contributed by atoms with Gasteiger partial charge in [-0.15, -0.1) is 0 Å². The number of hydrogen-bond donors (Lipinski definition) is 3. The van der Waals surface area contributed by atoms with Crippen LogP contribution < -0.4 is 15.4 Å². The molecular weight excluding hydrogens is 400 g/mol. The molecule has 0 bridgehead atoms. The van der Waals surface area contributed by atoms with Crippen LogP contribution in [0, 0.1) is 0 Å². The second kappa shape index (κ2) is 9.45. The maximum Gasteiger partial charge on any atom is 0.215 e. The topological polar surface area (TPSA) is 109 Å². The summed E-state index contributed by atoms with van der Waals surface area (Å²) in [6.45, 7) is 0.600. The van der Waals surface area contributed by atoms with E-state index in [2.05, 4.69) is 30.3 Å². The normalized spacial score (nSPS) is 11.2. The summed E-state index contributed by atoms with van der Waals surface area (Å²) in [5.41, 5.74) is 0.672. The first kappa shape index (κ1) is 20.0. The average molecular weight is 419 g/mol. The first-order valence-electron chi connectivity index (χ1n) is 8.46. The van der Waals surface area contributed by atoms with E-state index in [1.54, 1.807) is 36.5 Å². The summed E-state index contributed by atoms with van der Waals surface area (Å²) in [5, 5.41) is 6.70. The van der Waals surface area contributed by atoms with E-state index in [0.717, 1.165) is 0 Å². The highest BCUT2D eigenvalue weighted by atomic mass is 35.5. The standard InChI is InChI=1S/C18H19ClN6O2S/c19-15-6-4-14(5-7-15)12-28(26,27)24-10-9-21-17-11-18(23-13-22-17)25-16-3-1-2-8-20-16/h1-8,11,13,24H,9-10,12H2,(H2,20,21,22,23,25). The molecule has 0 fully saturated rings. The molecule has 0 saturated heterocycles. The van der Waals surface area contributed by atoms with Crippen molar-refractivity contribution in [3.05, 3.63) is 71.6 Å². The SMILES string of the molecule is O=S(=O)(Cc1ccc(Cl)cc1)NCCNc1cc(Nc2ccccn2)ncn1. The molecule has 3 aromatic rings. The van der Waals surface area contributed by atoms with Gasteiger partial charge in [-0.25, -0.2) is 28.1 Å². The van der Waals surface area contributed by atoms with Gasteiger partial charge in [0, 0.05) is 30.4 Å². The Labute approximate surface area is 168 Å². The van der Waals surface area contributed by atoms with Crippen LogP contribution in [0.1, 0.15) is 5.56 Å². The molecule has 0 spiro atoms. The van der Waals surface area contributed by atoms with Gasteiger partial charge in [-0.2, -0.15) is 0 Å². The van der Waals surface area contributed by atoms with Crippen molar-refractivity contribution < 1.29 is 8.42 Å². The van der Waals surface area contributed by atoms with Gasteiger partial charge in [0.25, 0.3) is 0 Å². The number of benzene rings is 1. The summed E-state index contributed by atoms with van der Waals surface area (Å²) < 4.78 is 26.8. The zero-order valence-corrected chi connectivity index (χ0v) is 16.4. The molecule has 10 heteroatoms. The minimum atomic E-state index is -3.44. The highest BCUT2D eigenvalue weighted by Crippen LogP contribution is 2.14. The first-order chi connectivity index (χ1) is 13.5. The zero-order chi connectivity index (χ0) is 19.8. The monoisotopic (exact) mass is 418 g/mol. The highest BCUT2D eigenvalue weighted by molar-refractivity contribution is 7.88. The highest BCUT2D eigenvalue weighted by Gasteiger charge is 2.10. The van der Waals surface area contributed by atoms with Gasteiger partial charge in [-0.3, -0.25) is 0 Å². The Bertz CT molecular complexity index is 1000. The van der Waals surface area contributed by atoms with Gasteiger partial charge < -0.3 is 10.6 Å². The van der Waals surface area contributed by atoms with Gasteiger partial charge in [0.05, 0.1) is 5.75 Å². The quantitative estimate of drug-likeness (QED) is 0.458. The largest absolute Gasteiger partial charge is 0.369 e. The lowest BCUT2D eigenvalue weighted by atomic mass is 10.2. The molecule has 0 aliphatic heterocycles. The molecule has 3 N–H and O–H groups in total. The van der Waals surface area contributed by atoms with Crippen molar-refractivity contribution in [3.63, 3.8) is 0 Å². The third kappa shape index (κ3) is 6.45. The number of pyridine rings is 1. The minimum Gasteiger partial charge on any atom is -0.369 e. The number of hydrogen-bond acceptors (Lipinski definition) is 7. The lowest BCUT2D eigenvalue weighted by molar-refractivity contribution is 0.582. The fraction of sp³-hybridized carbons (Fsp3) is 0.167. The van der Waals surface area contributed by atoms with Gasteiger partial charge in [0.1, 0.15) is 23.8 Å². The molecule has 0 aliphatic carbocycles. The molecule has 146 valence electrons. The average Bonchev–Trinajstić information content (AvgIpc) is 2.68. The number of halogens is 1. The maximum absolute atomic E-state index is 12.1. The van der Waals surface area contributed by atoms with Crippen LogP contribution in [0.25, 0.3) is 0 Å². The maximum atomic E-state index is 12.1. The number of rotatable bonds is 9. The van der Waals surface area contributed by atoms with E-state index in [9.17, 15) is 8.42 Å². The van der Waals surface area contributed by atoms with Crippen molar-refractivity contribution in [1.29, 1.82) is 0 Å².